The molecule has 0 aromatic rings. The molecule has 0 aliphatic carbocycles. The SMILES string of the molecule is COCCN1CC[C@]2(CCCN(C(=O)NC(C)C)C2)C1=O. The fourth-order valence-electron chi connectivity index (χ4n) is 3.33. The van der Waals surface area contributed by atoms with E-state index in [1.165, 1.54) is 0 Å². The second kappa shape index (κ2) is 6.64. The van der Waals surface area contributed by atoms with Crippen LogP contribution in [0.5, 0.6) is 0 Å². The number of likely N-dealkylation sites (tertiary alicyclic amines) is 2. The molecule has 1 N–H and O–H groups in total. The van der Waals surface area contributed by atoms with E-state index in [2.05, 4.69) is 5.32 Å². The molecule has 1 spiro atoms. The fourth-order valence-corrected chi connectivity index (χ4v) is 3.33. The number of carbonyl (C=O) groups excluding carboxylic acids is 2. The zero-order chi connectivity index (χ0) is 15.5. The third-order valence-corrected chi connectivity index (χ3v) is 4.44. The highest BCUT2D eigenvalue weighted by molar-refractivity contribution is 5.86. The first-order valence-electron chi connectivity index (χ1n) is 7.82. The molecule has 6 heteroatoms. The van der Waals surface area contributed by atoms with Crippen LogP contribution in [0.25, 0.3) is 0 Å². The number of urea groups is 1. The lowest BCUT2D eigenvalue weighted by Crippen LogP contribution is -2.53. The summed E-state index contributed by atoms with van der Waals surface area (Å²) in [6, 6.07) is 0.0695. The molecule has 21 heavy (non-hydrogen) atoms. The average molecular weight is 297 g/mol. The van der Waals surface area contributed by atoms with Gasteiger partial charge >= 0.3 is 6.03 Å². The van der Waals surface area contributed by atoms with Crippen LogP contribution in [0.1, 0.15) is 33.1 Å². The molecule has 2 saturated heterocycles. The van der Waals surface area contributed by atoms with Gasteiger partial charge < -0.3 is 19.9 Å². The molecule has 2 heterocycles. The highest BCUT2D eigenvalue weighted by Crippen LogP contribution is 2.40. The van der Waals surface area contributed by atoms with E-state index in [1.807, 2.05) is 18.7 Å². The van der Waals surface area contributed by atoms with Gasteiger partial charge in [-0.1, -0.05) is 0 Å². The van der Waals surface area contributed by atoms with Crippen molar-refractivity contribution in [2.45, 2.75) is 39.2 Å². The summed E-state index contributed by atoms with van der Waals surface area (Å²) in [6.07, 6.45) is 2.64. The van der Waals surface area contributed by atoms with Crippen molar-refractivity contribution in [3.05, 3.63) is 0 Å². The normalized spacial score (nSPS) is 26.0. The van der Waals surface area contributed by atoms with Gasteiger partial charge in [0.05, 0.1) is 12.0 Å². The van der Waals surface area contributed by atoms with Crippen molar-refractivity contribution >= 4 is 11.9 Å². The second-order valence-corrected chi connectivity index (χ2v) is 6.44. The minimum Gasteiger partial charge on any atom is -0.383 e. The fraction of sp³-hybridized carbons (Fsp3) is 0.867. The first-order valence-corrected chi connectivity index (χ1v) is 7.82. The summed E-state index contributed by atoms with van der Waals surface area (Å²) in [7, 11) is 1.65. The van der Waals surface area contributed by atoms with Gasteiger partial charge in [0.25, 0.3) is 0 Å². The molecule has 2 fully saturated rings. The van der Waals surface area contributed by atoms with Crippen LogP contribution in [0.3, 0.4) is 0 Å². The van der Waals surface area contributed by atoms with E-state index in [1.54, 1.807) is 12.0 Å². The number of nitrogens with one attached hydrogen (secondary N) is 1. The lowest BCUT2D eigenvalue weighted by molar-refractivity contribution is -0.138. The van der Waals surface area contributed by atoms with E-state index >= 15 is 0 Å². The van der Waals surface area contributed by atoms with Crippen LogP contribution in [0.4, 0.5) is 4.79 Å². The predicted octanol–water partition coefficient (Wildman–Crippen LogP) is 1.07. The third kappa shape index (κ3) is 3.48. The van der Waals surface area contributed by atoms with Crippen molar-refractivity contribution in [3.63, 3.8) is 0 Å². The number of amides is 3. The largest absolute Gasteiger partial charge is 0.383 e. The minimum absolute atomic E-state index is 0.0489. The van der Waals surface area contributed by atoms with Gasteiger partial charge in [0.2, 0.25) is 5.91 Å². The van der Waals surface area contributed by atoms with Crippen molar-refractivity contribution in [1.82, 2.24) is 15.1 Å². The van der Waals surface area contributed by atoms with E-state index in [9.17, 15) is 9.59 Å². The highest BCUT2D eigenvalue weighted by atomic mass is 16.5. The predicted molar refractivity (Wildman–Crippen MR) is 80.0 cm³/mol. The van der Waals surface area contributed by atoms with Gasteiger partial charge in [-0.2, -0.15) is 0 Å². The maximum atomic E-state index is 12.7. The van der Waals surface area contributed by atoms with E-state index in [-0.39, 0.29) is 23.4 Å². The van der Waals surface area contributed by atoms with Crippen molar-refractivity contribution < 1.29 is 14.3 Å². The molecule has 6 nitrogen and oxygen atoms in total. The van der Waals surface area contributed by atoms with Gasteiger partial charge in [-0.3, -0.25) is 4.79 Å². The molecular formula is C15H27N3O3. The Morgan fingerprint density at radius 3 is 2.81 bits per heavy atom. The standard InChI is InChI=1S/C15H27N3O3/c1-12(2)16-14(20)18-7-4-5-15(11-18)6-8-17(13(15)19)9-10-21-3/h12H,4-11H2,1-3H3,(H,16,20)/t15-/m0/s1. The number of piperidine rings is 1. The van der Waals surface area contributed by atoms with Crippen LogP contribution < -0.4 is 5.32 Å². The zero-order valence-electron chi connectivity index (χ0n) is 13.4. The maximum Gasteiger partial charge on any atom is 0.317 e. The molecule has 1 atom stereocenters. The molecule has 120 valence electrons. The molecule has 0 radical (unpaired) electrons. The number of nitrogens with zero attached hydrogens (tertiary/aromatic N) is 2. The van der Waals surface area contributed by atoms with Crippen LogP contribution in [-0.2, 0) is 9.53 Å². The van der Waals surface area contributed by atoms with Gasteiger partial charge in [-0.15, -0.1) is 0 Å². The Bertz CT molecular complexity index is 400. The second-order valence-electron chi connectivity index (χ2n) is 6.44. The number of carbonyl (C=O) groups is 2. The number of methoxy groups -OCH3 is 1. The summed E-state index contributed by atoms with van der Waals surface area (Å²) in [5, 5.41) is 2.92. The Hall–Kier alpha value is -1.30. The van der Waals surface area contributed by atoms with E-state index in [0.29, 0.717) is 19.7 Å². The Morgan fingerprint density at radius 2 is 2.14 bits per heavy atom. The van der Waals surface area contributed by atoms with E-state index in [0.717, 1.165) is 32.4 Å². The quantitative estimate of drug-likeness (QED) is 0.844. The first kappa shape index (κ1) is 16.1. The van der Waals surface area contributed by atoms with Crippen molar-refractivity contribution in [3.8, 4) is 0 Å². The lowest BCUT2D eigenvalue weighted by atomic mass is 9.78. The molecule has 2 aliphatic heterocycles. The van der Waals surface area contributed by atoms with E-state index < -0.39 is 0 Å². The molecule has 2 aliphatic rings. The average Bonchev–Trinajstić information content (AvgIpc) is 2.73. The number of hydrogen-bond acceptors (Lipinski definition) is 3. The summed E-state index contributed by atoms with van der Waals surface area (Å²) >= 11 is 0. The number of hydrogen-bond donors (Lipinski definition) is 1. The Kier molecular flexibility index (Phi) is 5.08. The molecule has 0 bridgehead atoms. The van der Waals surface area contributed by atoms with Crippen LogP contribution in [0, 0.1) is 5.41 Å². The lowest BCUT2D eigenvalue weighted by Gasteiger charge is -2.39. The molecule has 0 aromatic heterocycles. The van der Waals surface area contributed by atoms with Gasteiger partial charge in [0, 0.05) is 39.3 Å². The zero-order valence-corrected chi connectivity index (χ0v) is 13.4. The Morgan fingerprint density at radius 1 is 1.38 bits per heavy atom. The summed E-state index contributed by atoms with van der Waals surface area (Å²) in [6.45, 7) is 7.19. The monoisotopic (exact) mass is 297 g/mol. The maximum absolute atomic E-state index is 12.7. The van der Waals surface area contributed by atoms with Crippen molar-refractivity contribution in [2.24, 2.45) is 5.41 Å². The Balaban J connectivity index is 2.00. The third-order valence-electron chi connectivity index (χ3n) is 4.44. The van der Waals surface area contributed by atoms with Gasteiger partial charge in [-0.25, -0.2) is 4.79 Å². The topological polar surface area (TPSA) is 61.9 Å². The smallest absolute Gasteiger partial charge is 0.317 e. The number of rotatable bonds is 4. The van der Waals surface area contributed by atoms with Gasteiger partial charge in [-0.05, 0) is 33.1 Å². The van der Waals surface area contributed by atoms with Gasteiger partial charge in [0.1, 0.15) is 0 Å². The Labute approximate surface area is 126 Å². The first-order chi connectivity index (χ1) is 9.98. The molecule has 3 amide bonds. The summed E-state index contributed by atoms with van der Waals surface area (Å²) in [5.74, 6) is 0.196. The molecular weight excluding hydrogens is 270 g/mol. The minimum atomic E-state index is -0.361. The highest BCUT2D eigenvalue weighted by Gasteiger charge is 2.49. The van der Waals surface area contributed by atoms with Crippen molar-refractivity contribution in [1.29, 1.82) is 0 Å². The molecule has 2 rings (SSSR count). The van der Waals surface area contributed by atoms with Crippen molar-refractivity contribution in [2.75, 3.05) is 39.9 Å². The molecule has 0 saturated carbocycles. The molecule has 0 unspecified atom stereocenters. The summed E-state index contributed by atoms with van der Waals surface area (Å²) in [5.41, 5.74) is -0.361. The van der Waals surface area contributed by atoms with Gasteiger partial charge in [0.15, 0.2) is 0 Å². The summed E-state index contributed by atoms with van der Waals surface area (Å²) in [4.78, 5) is 28.6. The number of ether oxygens (including phenoxy) is 1. The van der Waals surface area contributed by atoms with Crippen LogP contribution in [-0.4, -0.2) is 67.7 Å². The van der Waals surface area contributed by atoms with Crippen LogP contribution in [0.15, 0.2) is 0 Å². The van der Waals surface area contributed by atoms with E-state index in [4.69, 9.17) is 4.74 Å². The summed E-state index contributed by atoms with van der Waals surface area (Å²) < 4.78 is 5.06. The van der Waals surface area contributed by atoms with Crippen LogP contribution >= 0.6 is 0 Å². The van der Waals surface area contributed by atoms with Crippen LogP contribution in [0.2, 0.25) is 0 Å². The molecule has 0 aromatic carbocycles.